The number of carbonyl (C=O) groups is 1. The van der Waals surface area contributed by atoms with E-state index in [1.165, 1.54) is 33.9 Å². The van der Waals surface area contributed by atoms with Gasteiger partial charge in [-0.05, 0) is 48.2 Å². The van der Waals surface area contributed by atoms with E-state index >= 15 is 0 Å². The average molecular weight is 544 g/mol. The molecule has 7 nitrogen and oxygen atoms in total. The first kappa shape index (κ1) is 26.0. The number of nitrogens with zero attached hydrogens (tertiary/aromatic N) is 4. The quantitative estimate of drug-likeness (QED) is 0.358. The van der Waals surface area contributed by atoms with Crippen molar-refractivity contribution >= 4 is 28.5 Å². The molecule has 0 spiro atoms. The zero-order valence-corrected chi connectivity index (χ0v) is 21.1. The van der Waals surface area contributed by atoms with Gasteiger partial charge in [-0.2, -0.15) is 18.3 Å². The third-order valence-electron chi connectivity index (χ3n) is 7.13. The molecule has 1 fully saturated rings. The van der Waals surface area contributed by atoms with Crippen LogP contribution < -0.4 is 10.9 Å². The highest BCUT2D eigenvalue weighted by Gasteiger charge is 2.42. The van der Waals surface area contributed by atoms with Gasteiger partial charge in [-0.1, -0.05) is 48.7 Å². The third kappa shape index (κ3) is 5.05. The number of rotatable bonds is 7. The summed E-state index contributed by atoms with van der Waals surface area (Å²) < 4.78 is 41.9. The number of amides is 1. The van der Waals surface area contributed by atoms with Gasteiger partial charge >= 0.3 is 6.18 Å². The molecule has 1 saturated carbocycles. The van der Waals surface area contributed by atoms with E-state index in [0.29, 0.717) is 29.3 Å². The van der Waals surface area contributed by atoms with Gasteiger partial charge in [0.1, 0.15) is 11.7 Å². The first-order chi connectivity index (χ1) is 18.2. The summed E-state index contributed by atoms with van der Waals surface area (Å²) in [4.78, 5) is 30.6. The van der Waals surface area contributed by atoms with Crippen LogP contribution in [0, 0.1) is 0 Å². The summed E-state index contributed by atoms with van der Waals surface area (Å²) in [5.41, 5.74) is -0.147. The molecule has 1 aliphatic rings. The van der Waals surface area contributed by atoms with Crippen molar-refractivity contribution in [3.63, 3.8) is 0 Å². The second-order valence-corrected chi connectivity index (χ2v) is 9.97. The maximum Gasteiger partial charge on any atom is 0.416 e. The summed E-state index contributed by atoms with van der Waals surface area (Å²) in [5, 5.41) is 8.15. The molecule has 0 unspecified atom stereocenters. The molecule has 2 aromatic carbocycles. The molecule has 11 heteroatoms. The minimum atomic E-state index is -4.47. The Morgan fingerprint density at radius 1 is 1.11 bits per heavy atom. The number of hydrogen-bond donors (Lipinski definition) is 1. The predicted octanol–water partition coefficient (Wildman–Crippen LogP) is 4.94. The van der Waals surface area contributed by atoms with Crippen LogP contribution in [-0.2, 0) is 29.5 Å². The van der Waals surface area contributed by atoms with E-state index in [2.05, 4.69) is 15.4 Å². The molecule has 0 bridgehead atoms. The van der Waals surface area contributed by atoms with Crippen molar-refractivity contribution in [1.29, 1.82) is 0 Å². The van der Waals surface area contributed by atoms with E-state index in [1.807, 2.05) is 12.1 Å². The minimum absolute atomic E-state index is 0.0508. The summed E-state index contributed by atoms with van der Waals surface area (Å²) >= 11 is 6.03. The van der Waals surface area contributed by atoms with E-state index in [0.717, 1.165) is 43.4 Å². The molecule has 1 N–H and O–H groups in total. The largest absolute Gasteiger partial charge is 0.416 e. The van der Waals surface area contributed by atoms with Crippen molar-refractivity contribution < 1.29 is 18.0 Å². The van der Waals surface area contributed by atoms with E-state index in [1.54, 1.807) is 12.1 Å². The summed E-state index contributed by atoms with van der Waals surface area (Å²) in [6, 6.07) is 12.2. The van der Waals surface area contributed by atoms with Crippen molar-refractivity contribution in [2.75, 3.05) is 6.54 Å². The third-order valence-corrected chi connectivity index (χ3v) is 7.38. The standard InChI is InChI=1S/C27H25ClF3N5O2/c28-21-8-6-19(7-9-21)26(10-1-2-11-26)25(38)32-12-13-36-23-22(15-34-36)24(37)35(17-33-23)16-18-4-3-5-20(14-18)27(29,30)31/h3-9,14-15,17H,1-2,10-13,16H2,(H,32,38). The van der Waals surface area contributed by atoms with Crippen molar-refractivity contribution in [2.24, 2.45) is 0 Å². The molecule has 4 aromatic rings. The van der Waals surface area contributed by atoms with Gasteiger partial charge in [-0.25, -0.2) is 9.67 Å². The van der Waals surface area contributed by atoms with E-state index in [4.69, 9.17) is 11.6 Å². The Kier molecular flexibility index (Phi) is 7.00. The maximum absolute atomic E-state index is 13.3. The molecule has 0 saturated heterocycles. The van der Waals surface area contributed by atoms with Crippen LogP contribution in [0.25, 0.3) is 11.0 Å². The predicted molar refractivity (Wildman–Crippen MR) is 137 cm³/mol. The van der Waals surface area contributed by atoms with E-state index in [9.17, 15) is 22.8 Å². The molecule has 0 radical (unpaired) electrons. The zero-order chi connectivity index (χ0) is 26.9. The number of nitrogens with one attached hydrogen (secondary N) is 1. The van der Waals surface area contributed by atoms with Gasteiger partial charge in [0.15, 0.2) is 5.65 Å². The van der Waals surface area contributed by atoms with Gasteiger partial charge in [0.2, 0.25) is 5.91 Å². The molecule has 1 aliphatic carbocycles. The molecule has 5 rings (SSSR count). The Bertz CT molecular complexity index is 1520. The number of benzene rings is 2. The fraction of sp³-hybridized carbons (Fsp3) is 0.333. The topological polar surface area (TPSA) is 81.8 Å². The smallest absolute Gasteiger partial charge is 0.353 e. The number of hydrogen-bond acceptors (Lipinski definition) is 4. The van der Waals surface area contributed by atoms with E-state index < -0.39 is 22.7 Å². The van der Waals surface area contributed by atoms with Crippen LogP contribution in [-0.4, -0.2) is 31.8 Å². The highest BCUT2D eigenvalue weighted by atomic mass is 35.5. The minimum Gasteiger partial charge on any atom is -0.353 e. The lowest BCUT2D eigenvalue weighted by Gasteiger charge is -2.28. The summed E-state index contributed by atoms with van der Waals surface area (Å²) in [5.74, 6) is -0.0508. The fourth-order valence-corrected chi connectivity index (χ4v) is 5.28. The Morgan fingerprint density at radius 2 is 1.84 bits per heavy atom. The molecular weight excluding hydrogens is 519 g/mol. The van der Waals surface area contributed by atoms with Gasteiger partial charge in [-0.3, -0.25) is 14.2 Å². The van der Waals surface area contributed by atoms with Crippen molar-refractivity contribution in [1.82, 2.24) is 24.6 Å². The molecule has 0 atom stereocenters. The van der Waals surface area contributed by atoms with Crippen LogP contribution >= 0.6 is 11.6 Å². The molecule has 38 heavy (non-hydrogen) atoms. The lowest BCUT2D eigenvalue weighted by atomic mass is 9.78. The summed E-state index contributed by atoms with van der Waals surface area (Å²) in [7, 11) is 0. The van der Waals surface area contributed by atoms with Crippen LogP contribution in [0.1, 0.15) is 42.4 Å². The van der Waals surface area contributed by atoms with Crippen LogP contribution in [0.3, 0.4) is 0 Å². The Morgan fingerprint density at radius 3 is 2.55 bits per heavy atom. The SMILES string of the molecule is O=C(NCCn1ncc2c(=O)n(Cc3cccc(C(F)(F)F)c3)cnc21)C1(c2ccc(Cl)cc2)CCCC1. The molecular formula is C27H25ClF3N5O2. The fourth-order valence-electron chi connectivity index (χ4n) is 5.16. The van der Waals surface area contributed by atoms with Gasteiger partial charge in [0.25, 0.3) is 5.56 Å². The lowest BCUT2D eigenvalue weighted by Crippen LogP contribution is -2.43. The van der Waals surface area contributed by atoms with Crippen LogP contribution in [0.15, 0.2) is 65.8 Å². The van der Waals surface area contributed by atoms with Crippen LogP contribution in [0.4, 0.5) is 13.2 Å². The van der Waals surface area contributed by atoms with Crippen molar-refractivity contribution in [3.05, 3.63) is 93.1 Å². The second kappa shape index (κ2) is 10.2. The molecule has 2 aromatic heterocycles. The summed E-state index contributed by atoms with van der Waals surface area (Å²) in [6.45, 7) is 0.537. The second-order valence-electron chi connectivity index (χ2n) is 9.53. The van der Waals surface area contributed by atoms with Crippen LogP contribution in [0.5, 0.6) is 0 Å². The first-order valence-corrected chi connectivity index (χ1v) is 12.7. The number of carbonyl (C=O) groups excluding carboxylic acids is 1. The van der Waals surface area contributed by atoms with E-state index in [-0.39, 0.29) is 17.8 Å². The Hall–Kier alpha value is -3.66. The number of fused-ring (bicyclic) bond motifs is 1. The molecule has 198 valence electrons. The van der Waals surface area contributed by atoms with Crippen LogP contribution in [0.2, 0.25) is 5.02 Å². The van der Waals surface area contributed by atoms with Crippen molar-refractivity contribution in [3.8, 4) is 0 Å². The monoisotopic (exact) mass is 543 g/mol. The lowest BCUT2D eigenvalue weighted by molar-refractivity contribution is -0.137. The van der Waals surface area contributed by atoms with Gasteiger partial charge in [0.05, 0.1) is 30.3 Å². The van der Waals surface area contributed by atoms with Gasteiger partial charge in [-0.15, -0.1) is 0 Å². The maximum atomic E-state index is 13.3. The number of alkyl halides is 3. The summed E-state index contributed by atoms with van der Waals surface area (Å²) in [6.07, 6.45) is 1.69. The number of halogens is 4. The zero-order valence-electron chi connectivity index (χ0n) is 20.3. The molecule has 1 amide bonds. The average Bonchev–Trinajstić information content (AvgIpc) is 3.55. The van der Waals surface area contributed by atoms with Gasteiger partial charge < -0.3 is 5.32 Å². The first-order valence-electron chi connectivity index (χ1n) is 12.3. The van der Waals surface area contributed by atoms with Crippen molar-refractivity contribution in [2.45, 2.75) is 50.4 Å². The molecule has 2 heterocycles. The highest BCUT2D eigenvalue weighted by Crippen LogP contribution is 2.41. The van der Waals surface area contributed by atoms with Gasteiger partial charge in [0, 0.05) is 11.6 Å². The normalized spacial score (nSPS) is 15.2. The molecule has 0 aliphatic heterocycles. The highest BCUT2D eigenvalue weighted by molar-refractivity contribution is 6.30. The Balaban J connectivity index is 1.28. The number of aromatic nitrogens is 4. The Labute approximate surface area is 221 Å².